The molecule has 0 N–H and O–H groups in total. The highest BCUT2D eigenvalue weighted by atomic mass is 16.5. The van der Waals surface area contributed by atoms with Crippen LogP contribution in [0, 0.1) is 61.2 Å². The maximum absolute atomic E-state index is 11.6. The lowest BCUT2D eigenvalue weighted by atomic mass is 10.0. The summed E-state index contributed by atoms with van der Waals surface area (Å²) in [6, 6.07) is 0. The molecule has 0 radical (unpaired) electrons. The molecule has 0 aromatic carbocycles. The van der Waals surface area contributed by atoms with Crippen molar-refractivity contribution in [3.63, 3.8) is 0 Å². The fourth-order valence-corrected chi connectivity index (χ4v) is 1.82. The van der Waals surface area contributed by atoms with Gasteiger partial charge in [-0.1, -0.05) is 0 Å². The Kier molecular flexibility index (Phi) is 12.2. The van der Waals surface area contributed by atoms with Gasteiger partial charge in [0.25, 0.3) is 0 Å². The molecule has 0 spiro atoms. The molecule has 0 atom stereocenters. The normalized spacial score (nSPS) is 9.42. The second kappa shape index (κ2) is 13.8. The lowest BCUT2D eigenvalue weighted by molar-refractivity contribution is -0.151. The first kappa shape index (κ1) is 21.2. The van der Waals surface area contributed by atoms with Crippen LogP contribution in [-0.4, -0.2) is 25.2 Å². The molecule has 0 aromatic heterocycles. The third-order valence-corrected chi connectivity index (χ3v) is 3.12. The van der Waals surface area contributed by atoms with Gasteiger partial charge in [-0.05, 0) is 0 Å². The van der Waals surface area contributed by atoms with Gasteiger partial charge in [0.15, 0.2) is 0 Å². The molecule has 0 aliphatic carbocycles. The van der Waals surface area contributed by atoms with E-state index in [-0.39, 0.29) is 37.9 Å². The van der Waals surface area contributed by atoms with E-state index >= 15 is 0 Å². The molecule has 126 valence electrons. The van der Waals surface area contributed by atoms with Crippen molar-refractivity contribution >= 4 is 11.9 Å². The first-order valence-corrected chi connectivity index (χ1v) is 7.62. The zero-order valence-corrected chi connectivity index (χ0v) is 13.8. The van der Waals surface area contributed by atoms with Crippen LogP contribution in [0.25, 0.3) is 0 Å². The molecule has 0 amide bonds. The number of ether oxygens (including phenoxy) is 2. The van der Waals surface area contributed by atoms with Crippen molar-refractivity contribution in [3.05, 3.63) is 0 Å². The predicted molar refractivity (Wildman–Crippen MR) is 91.9 cm³/mol. The van der Waals surface area contributed by atoms with Crippen LogP contribution in [0.15, 0.2) is 0 Å². The van der Waals surface area contributed by atoms with Gasteiger partial charge in [0, 0.05) is 37.5 Å². The number of esters is 2. The lowest BCUT2D eigenvalue weighted by Gasteiger charge is -2.13. The van der Waals surface area contributed by atoms with Gasteiger partial charge in [0.1, 0.15) is 0 Å². The third-order valence-electron chi connectivity index (χ3n) is 3.12. The highest BCUT2D eigenvalue weighted by Crippen LogP contribution is 2.10. The highest BCUT2D eigenvalue weighted by molar-refractivity contribution is 5.77. The van der Waals surface area contributed by atoms with Gasteiger partial charge in [-0.2, -0.15) is 0 Å². The second-order valence-electron chi connectivity index (χ2n) is 5.23. The molecule has 4 heteroatoms. The summed E-state index contributed by atoms with van der Waals surface area (Å²) in [5, 5.41) is 0. The van der Waals surface area contributed by atoms with Crippen LogP contribution < -0.4 is 0 Å². The van der Waals surface area contributed by atoms with Gasteiger partial charge in [-0.25, -0.2) is 0 Å². The van der Waals surface area contributed by atoms with E-state index in [1.165, 1.54) is 0 Å². The SMILES string of the molecule is C#CCC(CC#C)COC(=O)CCC(=O)OCC(CC#C)CC#C. The molecule has 24 heavy (non-hydrogen) atoms. The van der Waals surface area contributed by atoms with E-state index < -0.39 is 11.9 Å². The lowest BCUT2D eigenvalue weighted by Crippen LogP contribution is -2.17. The van der Waals surface area contributed by atoms with E-state index in [2.05, 4.69) is 23.7 Å². The standard InChI is InChI=1S/C20H22O4/c1-5-9-17(10-6-2)15-23-19(21)13-14-20(22)24-16-18(11-7-3)12-8-4/h1-4,17-18H,9-16H2. The topological polar surface area (TPSA) is 52.6 Å². The van der Waals surface area contributed by atoms with Crippen molar-refractivity contribution < 1.29 is 19.1 Å². The monoisotopic (exact) mass is 326 g/mol. The summed E-state index contributed by atoms with van der Waals surface area (Å²) in [4.78, 5) is 23.2. The fourth-order valence-electron chi connectivity index (χ4n) is 1.82. The van der Waals surface area contributed by atoms with Crippen molar-refractivity contribution in [1.82, 2.24) is 0 Å². The third kappa shape index (κ3) is 10.8. The minimum atomic E-state index is -0.491. The van der Waals surface area contributed by atoms with E-state index in [4.69, 9.17) is 35.2 Å². The molecule has 0 rings (SSSR count). The summed E-state index contributed by atoms with van der Waals surface area (Å²) in [5.74, 6) is 8.83. The average molecular weight is 326 g/mol. The van der Waals surface area contributed by atoms with Gasteiger partial charge >= 0.3 is 11.9 Å². The zero-order chi connectivity index (χ0) is 18.2. The minimum Gasteiger partial charge on any atom is -0.465 e. The van der Waals surface area contributed by atoms with Crippen LogP contribution >= 0.6 is 0 Å². The molecule has 0 heterocycles. The Morgan fingerprint density at radius 3 is 1.21 bits per heavy atom. The molecule has 0 aliphatic heterocycles. The van der Waals surface area contributed by atoms with Gasteiger partial charge < -0.3 is 9.47 Å². The van der Waals surface area contributed by atoms with E-state index in [0.29, 0.717) is 25.7 Å². The zero-order valence-electron chi connectivity index (χ0n) is 13.8. The molecular formula is C20H22O4. The van der Waals surface area contributed by atoms with E-state index in [1.807, 2.05) is 0 Å². The maximum atomic E-state index is 11.6. The molecule has 0 saturated heterocycles. The van der Waals surface area contributed by atoms with Gasteiger partial charge in [-0.3, -0.25) is 9.59 Å². The predicted octanol–water partition coefficient (Wildman–Crippen LogP) is 2.18. The van der Waals surface area contributed by atoms with Crippen LogP contribution in [0.3, 0.4) is 0 Å². The molecule has 0 unspecified atom stereocenters. The number of hydrogen-bond acceptors (Lipinski definition) is 4. The molecule has 0 aromatic rings. The first-order valence-electron chi connectivity index (χ1n) is 7.62. The summed E-state index contributed by atoms with van der Waals surface area (Å²) < 4.78 is 10.1. The Hall–Kier alpha value is -2.82. The Balaban J connectivity index is 4.03. The molecular weight excluding hydrogens is 304 g/mol. The Morgan fingerprint density at radius 2 is 0.958 bits per heavy atom. The molecule has 0 aliphatic rings. The fraction of sp³-hybridized carbons (Fsp3) is 0.500. The highest BCUT2D eigenvalue weighted by Gasteiger charge is 2.14. The molecule has 0 fully saturated rings. The van der Waals surface area contributed by atoms with Crippen LogP contribution in [0.4, 0.5) is 0 Å². The van der Waals surface area contributed by atoms with Crippen LogP contribution in [-0.2, 0) is 19.1 Å². The van der Waals surface area contributed by atoms with Gasteiger partial charge in [-0.15, -0.1) is 49.4 Å². The van der Waals surface area contributed by atoms with Crippen molar-refractivity contribution in [3.8, 4) is 49.4 Å². The summed E-state index contributed by atoms with van der Waals surface area (Å²) in [6.07, 6.45) is 22.5. The average Bonchev–Trinajstić information content (AvgIpc) is 2.56. The number of hydrogen-bond donors (Lipinski definition) is 0. The Labute approximate surface area is 144 Å². The van der Waals surface area contributed by atoms with E-state index in [9.17, 15) is 9.59 Å². The molecule has 0 bridgehead atoms. The number of terminal acetylenes is 4. The number of carbonyl (C=O) groups is 2. The van der Waals surface area contributed by atoms with Crippen LogP contribution in [0.5, 0.6) is 0 Å². The summed E-state index contributed by atoms with van der Waals surface area (Å²) >= 11 is 0. The van der Waals surface area contributed by atoms with Crippen molar-refractivity contribution in [2.24, 2.45) is 11.8 Å². The smallest absolute Gasteiger partial charge is 0.306 e. The second-order valence-corrected chi connectivity index (χ2v) is 5.23. The van der Waals surface area contributed by atoms with Crippen molar-refractivity contribution in [2.45, 2.75) is 38.5 Å². The number of carbonyl (C=O) groups excluding carboxylic acids is 2. The molecule has 4 nitrogen and oxygen atoms in total. The molecule has 0 saturated carbocycles. The first-order chi connectivity index (χ1) is 11.6. The minimum absolute atomic E-state index is 0.0629. The van der Waals surface area contributed by atoms with Crippen LogP contribution in [0.1, 0.15) is 38.5 Å². The Morgan fingerprint density at radius 1 is 0.667 bits per heavy atom. The summed E-state index contributed by atoms with van der Waals surface area (Å²) in [7, 11) is 0. The largest absolute Gasteiger partial charge is 0.465 e. The number of rotatable bonds is 11. The van der Waals surface area contributed by atoms with Crippen molar-refractivity contribution in [1.29, 1.82) is 0 Å². The van der Waals surface area contributed by atoms with Crippen LogP contribution in [0.2, 0.25) is 0 Å². The Bertz CT molecular complexity index is 478. The van der Waals surface area contributed by atoms with Gasteiger partial charge in [0.05, 0.1) is 26.1 Å². The summed E-state index contributed by atoms with van der Waals surface area (Å²) in [6.45, 7) is 0.295. The van der Waals surface area contributed by atoms with Gasteiger partial charge in [0.2, 0.25) is 0 Å². The summed E-state index contributed by atoms with van der Waals surface area (Å²) in [5.41, 5.74) is 0. The quantitative estimate of drug-likeness (QED) is 0.431. The van der Waals surface area contributed by atoms with Crippen molar-refractivity contribution in [2.75, 3.05) is 13.2 Å². The maximum Gasteiger partial charge on any atom is 0.306 e. The van der Waals surface area contributed by atoms with E-state index in [1.54, 1.807) is 0 Å². The van der Waals surface area contributed by atoms with E-state index in [0.717, 1.165) is 0 Å².